The Morgan fingerprint density at radius 3 is 2.83 bits per heavy atom. The molecule has 0 atom stereocenters. The molecule has 0 aromatic heterocycles. The van der Waals surface area contributed by atoms with Crippen molar-refractivity contribution in [3.8, 4) is 5.75 Å². The Morgan fingerprint density at radius 2 is 2.08 bits per heavy atom. The summed E-state index contributed by atoms with van der Waals surface area (Å²) < 4.78 is 23.7. The van der Waals surface area contributed by atoms with Gasteiger partial charge in [0.2, 0.25) is 0 Å². The fourth-order valence-electron chi connectivity index (χ4n) is 2.50. The van der Waals surface area contributed by atoms with E-state index in [2.05, 4.69) is 0 Å². The first-order valence-corrected chi connectivity index (χ1v) is 7.46. The Labute approximate surface area is 138 Å². The molecular weight excluding hydrogens is 313 g/mol. The first kappa shape index (κ1) is 16.0. The van der Waals surface area contributed by atoms with Crippen LogP contribution in [0.3, 0.4) is 0 Å². The fraction of sp³-hybridized carbons (Fsp3) is 0.222. The zero-order valence-electron chi connectivity index (χ0n) is 13.1. The molecule has 0 spiro atoms. The smallest absolute Gasteiger partial charge is 0.304 e. The number of carbonyl (C=O) groups excluding carboxylic acids is 2. The van der Waals surface area contributed by atoms with Crippen molar-refractivity contribution >= 4 is 11.9 Å². The van der Waals surface area contributed by atoms with Crippen molar-refractivity contribution in [2.45, 2.75) is 20.1 Å². The number of esters is 1. The molecule has 0 unspecified atom stereocenters. The Bertz CT molecular complexity index is 790. The monoisotopic (exact) mass is 329 g/mol. The zero-order chi connectivity index (χ0) is 17.1. The Kier molecular flexibility index (Phi) is 4.46. The van der Waals surface area contributed by atoms with Crippen LogP contribution in [0.4, 0.5) is 4.39 Å². The second-order valence-corrected chi connectivity index (χ2v) is 5.51. The molecule has 24 heavy (non-hydrogen) atoms. The first-order chi connectivity index (χ1) is 11.5. The van der Waals surface area contributed by atoms with Gasteiger partial charge in [-0.3, -0.25) is 9.59 Å². The molecule has 3 rings (SSSR count). The first-order valence-electron chi connectivity index (χ1n) is 7.46. The van der Waals surface area contributed by atoms with Gasteiger partial charge in [-0.2, -0.15) is 0 Å². The van der Waals surface area contributed by atoms with E-state index in [4.69, 9.17) is 9.47 Å². The van der Waals surface area contributed by atoms with Gasteiger partial charge < -0.3 is 14.4 Å². The number of hydrogen-bond donors (Lipinski definition) is 0. The molecule has 1 heterocycles. The lowest BCUT2D eigenvalue weighted by Gasteiger charge is -2.14. The van der Waals surface area contributed by atoms with Gasteiger partial charge in [-0.1, -0.05) is 18.2 Å². The highest BCUT2D eigenvalue weighted by atomic mass is 19.1. The van der Waals surface area contributed by atoms with Crippen molar-refractivity contribution in [1.29, 1.82) is 0 Å². The van der Waals surface area contributed by atoms with Gasteiger partial charge in [0.25, 0.3) is 5.91 Å². The molecule has 1 aliphatic heterocycles. The predicted octanol–water partition coefficient (Wildman–Crippen LogP) is 2.88. The third kappa shape index (κ3) is 3.53. The number of amides is 1. The maximum Gasteiger partial charge on any atom is 0.304 e. The molecule has 0 bridgehead atoms. The number of fused-ring (bicyclic) bond motifs is 1. The average Bonchev–Trinajstić information content (AvgIpc) is 2.87. The van der Waals surface area contributed by atoms with Crippen LogP contribution < -0.4 is 4.74 Å². The summed E-state index contributed by atoms with van der Waals surface area (Å²) in [7, 11) is 0. The highest BCUT2D eigenvalue weighted by Crippen LogP contribution is 2.27. The van der Waals surface area contributed by atoms with Crippen molar-refractivity contribution in [2.75, 3.05) is 6.73 Å². The normalized spacial score (nSPS) is 12.9. The van der Waals surface area contributed by atoms with Gasteiger partial charge in [0, 0.05) is 12.5 Å². The third-order valence-electron chi connectivity index (χ3n) is 3.68. The average molecular weight is 329 g/mol. The largest absolute Gasteiger partial charge is 0.489 e. The molecule has 124 valence electrons. The lowest BCUT2D eigenvalue weighted by atomic mass is 10.1. The molecule has 0 aliphatic carbocycles. The summed E-state index contributed by atoms with van der Waals surface area (Å²) in [4.78, 5) is 24.6. The van der Waals surface area contributed by atoms with Gasteiger partial charge in [0.15, 0.2) is 6.73 Å². The topological polar surface area (TPSA) is 55.8 Å². The molecule has 6 heteroatoms. The van der Waals surface area contributed by atoms with Gasteiger partial charge in [-0.05, 0) is 35.4 Å². The van der Waals surface area contributed by atoms with Crippen LogP contribution >= 0.6 is 0 Å². The molecular formula is C18H16FNO4. The number of carbonyl (C=O) groups is 2. The summed E-state index contributed by atoms with van der Waals surface area (Å²) in [6.45, 7) is 1.84. The van der Waals surface area contributed by atoms with Gasteiger partial charge in [0.05, 0.1) is 6.54 Å². The zero-order valence-corrected chi connectivity index (χ0v) is 13.1. The van der Waals surface area contributed by atoms with E-state index in [0.29, 0.717) is 23.4 Å². The number of rotatable bonds is 5. The van der Waals surface area contributed by atoms with Gasteiger partial charge >= 0.3 is 5.97 Å². The second-order valence-electron chi connectivity index (χ2n) is 5.51. The number of hydrogen-bond acceptors (Lipinski definition) is 4. The second kappa shape index (κ2) is 6.70. The van der Waals surface area contributed by atoms with Crippen LogP contribution in [0.5, 0.6) is 5.75 Å². The van der Waals surface area contributed by atoms with E-state index < -0.39 is 5.97 Å². The van der Waals surface area contributed by atoms with Gasteiger partial charge in [0.1, 0.15) is 18.2 Å². The van der Waals surface area contributed by atoms with Crippen LogP contribution in [-0.2, 0) is 22.7 Å². The fourth-order valence-corrected chi connectivity index (χ4v) is 2.50. The summed E-state index contributed by atoms with van der Waals surface area (Å²) in [5.41, 5.74) is 2.09. The van der Waals surface area contributed by atoms with E-state index in [-0.39, 0.29) is 25.1 Å². The summed E-state index contributed by atoms with van der Waals surface area (Å²) in [5.74, 6) is -0.428. The number of benzene rings is 2. The van der Waals surface area contributed by atoms with Crippen LogP contribution in [0, 0.1) is 5.82 Å². The lowest BCUT2D eigenvalue weighted by Crippen LogP contribution is -2.27. The Hall–Kier alpha value is -2.89. The highest BCUT2D eigenvalue weighted by Gasteiger charge is 2.28. The van der Waals surface area contributed by atoms with E-state index in [0.717, 1.165) is 5.56 Å². The van der Waals surface area contributed by atoms with Crippen molar-refractivity contribution in [3.63, 3.8) is 0 Å². The van der Waals surface area contributed by atoms with Crippen LogP contribution in [0.1, 0.15) is 28.4 Å². The van der Waals surface area contributed by atoms with Crippen LogP contribution in [0.15, 0.2) is 42.5 Å². The minimum absolute atomic E-state index is 0.0671. The maximum atomic E-state index is 13.2. The summed E-state index contributed by atoms with van der Waals surface area (Å²) >= 11 is 0. The minimum Gasteiger partial charge on any atom is -0.489 e. The minimum atomic E-state index is -0.433. The molecule has 2 aromatic rings. The Balaban J connectivity index is 1.67. The quantitative estimate of drug-likeness (QED) is 0.792. The molecule has 1 amide bonds. The molecule has 1 aliphatic rings. The van der Waals surface area contributed by atoms with Gasteiger partial charge in [-0.15, -0.1) is 0 Å². The van der Waals surface area contributed by atoms with Crippen LogP contribution in [-0.4, -0.2) is 23.5 Å². The predicted molar refractivity (Wildman–Crippen MR) is 83.7 cm³/mol. The molecule has 0 saturated heterocycles. The summed E-state index contributed by atoms with van der Waals surface area (Å²) in [6, 6.07) is 11.4. The standard InChI is InChI=1S/C18H16FNO4/c1-12(21)24-11-20-9-14-5-6-16(8-17(14)18(20)22)23-10-13-3-2-4-15(19)7-13/h2-8H,9-11H2,1H3. The number of halogens is 1. The molecule has 0 radical (unpaired) electrons. The van der Waals surface area contributed by atoms with Crippen LogP contribution in [0.25, 0.3) is 0 Å². The third-order valence-corrected chi connectivity index (χ3v) is 3.68. The van der Waals surface area contributed by atoms with Crippen molar-refractivity contribution in [1.82, 2.24) is 4.90 Å². The Morgan fingerprint density at radius 1 is 1.25 bits per heavy atom. The van der Waals surface area contributed by atoms with E-state index >= 15 is 0 Å². The molecule has 0 N–H and O–H groups in total. The molecule has 0 fully saturated rings. The molecule has 5 nitrogen and oxygen atoms in total. The number of nitrogens with zero attached hydrogens (tertiary/aromatic N) is 1. The van der Waals surface area contributed by atoms with Crippen molar-refractivity contribution < 1.29 is 23.5 Å². The number of ether oxygens (including phenoxy) is 2. The van der Waals surface area contributed by atoms with E-state index in [1.165, 1.54) is 24.0 Å². The van der Waals surface area contributed by atoms with E-state index in [9.17, 15) is 14.0 Å². The van der Waals surface area contributed by atoms with Crippen molar-refractivity contribution in [3.05, 3.63) is 65.0 Å². The van der Waals surface area contributed by atoms with Crippen molar-refractivity contribution in [2.24, 2.45) is 0 Å². The van der Waals surface area contributed by atoms with E-state index in [1.807, 2.05) is 6.07 Å². The van der Waals surface area contributed by atoms with E-state index in [1.54, 1.807) is 24.3 Å². The lowest BCUT2D eigenvalue weighted by molar-refractivity contribution is -0.144. The molecule has 0 saturated carbocycles. The van der Waals surface area contributed by atoms with Gasteiger partial charge in [-0.25, -0.2) is 4.39 Å². The highest BCUT2D eigenvalue weighted by molar-refractivity contribution is 5.98. The summed E-state index contributed by atoms with van der Waals surface area (Å²) in [5, 5.41) is 0. The SMILES string of the molecule is CC(=O)OCN1Cc2ccc(OCc3cccc(F)c3)cc2C1=O. The summed E-state index contributed by atoms with van der Waals surface area (Å²) in [6.07, 6.45) is 0. The molecule has 2 aromatic carbocycles. The maximum absolute atomic E-state index is 13.2. The van der Waals surface area contributed by atoms with Crippen LogP contribution in [0.2, 0.25) is 0 Å².